The maximum absolute atomic E-state index is 11.6. The molecule has 4 nitrogen and oxygen atoms in total. The summed E-state index contributed by atoms with van der Waals surface area (Å²) in [4.78, 5) is 11.1. The number of hydrogen-bond acceptors (Lipinski definition) is 3. The number of halogens is 2. The first-order valence-electron chi connectivity index (χ1n) is 4.58. The Morgan fingerprint density at radius 2 is 2.27 bits per heavy atom. The van der Waals surface area contributed by atoms with Crippen LogP contribution in [-0.2, 0) is 9.53 Å². The van der Waals surface area contributed by atoms with Gasteiger partial charge in [-0.25, -0.2) is 8.78 Å². The van der Waals surface area contributed by atoms with Crippen LogP contribution in [0.4, 0.5) is 8.78 Å². The Morgan fingerprint density at radius 3 is 2.80 bits per heavy atom. The second-order valence-electron chi connectivity index (χ2n) is 2.89. The van der Waals surface area contributed by atoms with Crippen LogP contribution < -0.4 is 11.1 Å². The SMILES string of the molecule is C=CCC(N)C(=O)NCCOCC(F)F. The van der Waals surface area contributed by atoms with Crippen LogP contribution in [0.25, 0.3) is 0 Å². The highest BCUT2D eigenvalue weighted by Crippen LogP contribution is 1.92. The molecule has 3 N–H and O–H groups in total. The second kappa shape index (κ2) is 8.31. The molecular weight excluding hydrogens is 206 g/mol. The van der Waals surface area contributed by atoms with Crippen molar-refractivity contribution < 1.29 is 18.3 Å². The van der Waals surface area contributed by atoms with Gasteiger partial charge < -0.3 is 15.8 Å². The molecule has 15 heavy (non-hydrogen) atoms. The van der Waals surface area contributed by atoms with E-state index in [1.165, 1.54) is 6.08 Å². The molecule has 0 aliphatic rings. The van der Waals surface area contributed by atoms with E-state index in [1.807, 2.05) is 0 Å². The molecule has 0 saturated carbocycles. The quantitative estimate of drug-likeness (QED) is 0.458. The summed E-state index contributed by atoms with van der Waals surface area (Å²) in [6.07, 6.45) is -0.565. The number of carbonyl (C=O) groups excluding carboxylic acids is 1. The van der Waals surface area contributed by atoms with Crippen LogP contribution in [0.3, 0.4) is 0 Å². The van der Waals surface area contributed by atoms with Gasteiger partial charge in [0.05, 0.1) is 12.6 Å². The lowest BCUT2D eigenvalue weighted by Gasteiger charge is -2.10. The van der Waals surface area contributed by atoms with E-state index in [1.54, 1.807) is 0 Å². The van der Waals surface area contributed by atoms with E-state index >= 15 is 0 Å². The molecule has 0 fully saturated rings. The van der Waals surface area contributed by atoms with Crippen molar-refractivity contribution in [2.75, 3.05) is 19.8 Å². The molecule has 0 heterocycles. The molecule has 0 aromatic carbocycles. The standard InChI is InChI=1S/C9H16F2N2O2/c1-2-3-7(12)9(14)13-4-5-15-6-8(10)11/h2,7-8H,1,3-6,12H2,(H,13,14). The summed E-state index contributed by atoms with van der Waals surface area (Å²) in [6, 6.07) is -0.641. The highest BCUT2D eigenvalue weighted by Gasteiger charge is 2.10. The number of nitrogens with one attached hydrogen (secondary N) is 1. The van der Waals surface area contributed by atoms with Gasteiger partial charge in [-0.3, -0.25) is 4.79 Å². The molecule has 0 spiro atoms. The fourth-order valence-electron chi connectivity index (χ4n) is 0.837. The Morgan fingerprint density at radius 1 is 1.60 bits per heavy atom. The molecule has 0 rings (SSSR count). The zero-order valence-corrected chi connectivity index (χ0v) is 8.42. The summed E-state index contributed by atoms with van der Waals surface area (Å²) in [5.74, 6) is -0.337. The molecule has 1 unspecified atom stereocenters. The van der Waals surface area contributed by atoms with E-state index in [0.29, 0.717) is 6.42 Å². The van der Waals surface area contributed by atoms with E-state index in [9.17, 15) is 13.6 Å². The maximum Gasteiger partial charge on any atom is 0.261 e. The second-order valence-corrected chi connectivity index (χ2v) is 2.89. The number of ether oxygens (including phenoxy) is 1. The third-order valence-electron chi connectivity index (χ3n) is 1.55. The Hall–Kier alpha value is -1.01. The molecule has 0 aromatic rings. The summed E-state index contributed by atoms with van der Waals surface area (Å²) in [7, 11) is 0. The minimum absolute atomic E-state index is 0.0525. The Balaban J connectivity index is 3.42. The lowest BCUT2D eigenvalue weighted by Crippen LogP contribution is -2.41. The minimum Gasteiger partial charge on any atom is -0.374 e. The van der Waals surface area contributed by atoms with Gasteiger partial charge >= 0.3 is 0 Å². The molecule has 0 aliphatic heterocycles. The fraction of sp³-hybridized carbons (Fsp3) is 0.667. The van der Waals surface area contributed by atoms with E-state index < -0.39 is 19.1 Å². The lowest BCUT2D eigenvalue weighted by molar-refractivity contribution is -0.122. The number of alkyl halides is 2. The number of nitrogens with two attached hydrogens (primary N) is 1. The van der Waals surface area contributed by atoms with Crippen molar-refractivity contribution in [3.8, 4) is 0 Å². The highest BCUT2D eigenvalue weighted by molar-refractivity contribution is 5.81. The first-order chi connectivity index (χ1) is 7.07. The summed E-state index contributed by atoms with van der Waals surface area (Å²) in [5, 5.41) is 2.46. The van der Waals surface area contributed by atoms with Crippen molar-refractivity contribution >= 4 is 5.91 Å². The monoisotopic (exact) mass is 222 g/mol. The average Bonchev–Trinajstić information content (AvgIpc) is 2.16. The molecule has 1 amide bonds. The molecule has 6 heteroatoms. The number of rotatable bonds is 8. The predicted octanol–water partition coefficient (Wildman–Crippen LogP) is 0.288. The number of hydrogen-bond donors (Lipinski definition) is 2. The first-order valence-corrected chi connectivity index (χ1v) is 4.58. The van der Waals surface area contributed by atoms with E-state index in [4.69, 9.17) is 5.73 Å². The Bertz CT molecular complexity index is 201. The van der Waals surface area contributed by atoms with Gasteiger partial charge in [0, 0.05) is 6.54 Å². The smallest absolute Gasteiger partial charge is 0.261 e. The van der Waals surface area contributed by atoms with Gasteiger partial charge in [-0.05, 0) is 6.42 Å². The summed E-state index contributed by atoms with van der Waals surface area (Å²) >= 11 is 0. The molecule has 0 aromatic heterocycles. The van der Waals surface area contributed by atoms with Crippen molar-refractivity contribution in [3.63, 3.8) is 0 Å². The van der Waals surface area contributed by atoms with Crippen LogP contribution in [0.5, 0.6) is 0 Å². The predicted molar refractivity (Wildman–Crippen MR) is 52.6 cm³/mol. The highest BCUT2D eigenvalue weighted by atomic mass is 19.3. The van der Waals surface area contributed by atoms with E-state index in [-0.39, 0.29) is 19.1 Å². The number of amides is 1. The topological polar surface area (TPSA) is 64.4 Å². The zero-order valence-electron chi connectivity index (χ0n) is 8.42. The van der Waals surface area contributed by atoms with Crippen LogP contribution in [0.2, 0.25) is 0 Å². The third kappa shape index (κ3) is 8.02. The molecule has 0 aliphatic carbocycles. The Kier molecular flexibility index (Phi) is 7.75. The van der Waals surface area contributed by atoms with Gasteiger partial charge in [-0.15, -0.1) is 6.58 Å². The van der Waals surface area contributed by atoms with E-state index in [2.05, 4.69) is 16.6 Å². The van der Waals surface area contributed by atoms with Crippen molar-refractivity contribution in [1.29, 1.82) is 0 Å². The third-order valence-corrected chi connectivity index (χ3v) is 1.55. The van der Waals surface area contributed by atoms with Crippen molar-refractivity contribution in [1.82, 2.24) is 5.32 Å². The number of carbonyl (C=O) groups is 1. The lowest BCUT2D eigenvalue weighted by atomic mass is 10.2. The van der Waals surface area contributed by atoms with Crippen molar-refractivity contribution in [2.24, 2.45) is 5.73 Å². The summed E-state index contributed by atoms with van der Waals surface area (Å²) in [6.45, 7) is 3.06. The van der Waals surface area contributed by atoms with Crippen LogP contribution in [0, 0.1) is 0 Å². The maximum atomic E-state index is 11.6. The van der Waals surface area contributed by atoms with Gasteiger partial charge in [0.2, 0.25) is 5.91 Å². The van der Waals surface area contributed by atoms with Crippen LogP contribution in [-0.4, -0.2) is 38.1 Å². The van der Waals surface area contributed by atoms with Gasteiger partial charge in [-0.1, -0.05) is 6.08 Å². The summed E-state index contributed by atoms with van der Waals surface area (Å²) in [5.41, 5.74) is 5.45. The molecule has 1 atom stereocenters. The first kappa shape index (κ1) is 14.0. The van der Waals surface area contributed by atoms with Crippen LogP contribution >= 0.6 is 0 Å². The molecule has 0 radical (unpaired) electrons. The molecule has 88 valence electrons. The largest absolute Gasteiger partial charge is 0.374 e. The van der Waals surface area contributed by atoms with Gasteiger partial charge in [0.15, 0.2) is 0 Å². The summed E-state index contributed by atoms with van der Waals surface area (Å²) < 4.78 is 27.8. The van der Waals surface area contributed by atoms with Gasteiger partial charge in [0.1, 0.15) is 6.61 Å². The van der Waals surface area contributed by atoms with Crippen molar-refractivity contribution in [3.05, 3.63) is 12.7 Å². The van der Waals surface area contributed by atoms with E-state index in [0.717, 1.165) is 0 Å². The van der Waals surface area contributed by atoms with Gasteiger partial charge in [0.25, 0.3) is 6.43 Å². The Labute approximate surface area is 87.5 Å². The van der Waals surface area contributed by atoms with Crippen molar-refractivity contribution in [2.45, 2.75) is 18.9 Å². The van der Waals surface area contributed by atoms with Crippen LogP contribution in [0.15, 0.2) is 12.7 Å². The fourth-order valence-corrected chi connectivity index (χ4v) is 0.837. The van der Waals surface area contributed by atoms with Crippen LogP contribution in [0.1, 0.15) is 6.42 Å². The average molecular weight is 222 g/mol. The van der Waals surface area contributed by atoms with Gasteiger partial charge in [-0.2, -0.15) is 0 Å². The zero-order chi connectivity index (χ0) is 11.7. The molecular formula is C9H16F2N2O2. The molecule has 0 bridgehead atoms. The molecule has 0 saturated heterocycles. The minimum atomic E-state index is -2.48. The normalized spacial score (nSPS) is 12.5.